The summed E-state index contributed by atoms with van der Waals surface area (Å²) in [6.07, 6.45) is 0.634. The standard InChI is InChI=1S/C21H27FN2O3/c1-27-20-8-4-6-17(21(20)26)13-23-10-11-24(18(15-23)9-12-25)14-16-5-2-3-7-19(16)22/h2-8,18,25-26H,9-15H2,1H3/t18-/m0/s1. The molecule has 0 amide bonds. The average Bonchev–Trinajstić information content (AvgIpc) is 2.67. The number of piperazine rings is 1. The highest BCUT2D eigenvalue weighted by Crippen LogP contribution is 2.31. The molecule has 146 valence electrons. The monoisotopic (exact) mass is 374 g/mol. The first-order valence-electron chi connectivity index (χ1n) is 9.28. The zero-order valence-electron chi connectivity index (χ0n) is 15.6. The highest BCUT2D eigenvalue weighted by Gasteiger charge is 2.27. The van der Waals surface area contributed by atoms with Crippen LogP contribution in [0.15, 0.2) is 42.5 Å². The van der Waals surface area contributed by atoms with E-state index in [9.17, 15) is 14.6 Å². The van der Waals surface area contributed by atoms with E-state index in [2.05, 4.69) is 9.80 Å². The van der Waals surface area contributed by atoms with Gasteiger partial charge >= 0.3 is 0 Å². The van der Waals surface area contributed by atoms with Gasteiger partial charge in [-0.25, -0.2) is 4.39 Å². The van der Waals surface area contributed by atoms with Gasteiger partial charge in [0.2, 0.25) is 0 Å². The Hall–Kier alpha value is -2.15. The van der Waals surface area contributed by atoms with Crippen LogP contribution in [0.2, 0.25) is 0 Å². The number of nitrogens with zero attached hydrogens (tertiary/aromatic N) is 2. The summed E-state index contributed by atoms with van der Waals surface area (Å²) < 4.78 is 19.2. The second-order valence-corrected chi connectivity index (χ2v) is 6.93. The number of aliphatic hydroxyl groups excluding tert-OH is 1. The number of hydrogen-bond donors (Lipinski definition) is 2. The van der Waals surface area contributed by atoms with Crippen molar-refractivity contribution in [2.75, 3.05) is 33.4 Å². The minimum absolute atomic E-state index is 0.0939. The molecule has 0 spiro atoms. The first-order valence-corrected chi connectivity index (χ1v) is 9.28. The first kappa shape index (κ1) is 19.6. The molecule has 1 aliphatic rings. The van der Waals surface area contributed by atoms with E-state index in [0.29, 0.717) is 30.8 Å². The molecule has 0 saturated carbocycles. The number of halogens is 1. The van der Waals surface area contributed by atoms with Gasteiger partial charge in [0.15, 0.2) is 11.5 Å². The van der Waals surface area contributed by atoms with E-state index in [-0.39, 0.29) is 24.2 Å². The minimum atomic E-state index is -0.191. The number of ether oxygens (including phenoxy) is 1. The van der Waals surface area contributed by atoms with Crippen molar-refractivity contribution in [1.82, 2.24) is 9.80 Å². The molecule has 0 aromatic heterocycles. The van der Waals surface area contributed by atoms with Crippen molar-refractivity contribution in [1.29, 1.82) is 0 Å². The Labute approximate surface area is 159 Å². The number of methoxy groups -OCH3 is 1. The largest absolute Gasteiger partial charge is 0.504 e. The van der Waals surface area contributed by atoms with E-state index in [1.165, 1.54) is 13.2 Å². The lowest BCUT2D eigenvalue weighted by molar-refractivity contribution is 0.0489. The van der Waals surface area contributed by atoms with Crippen LogP contribution in [-0.2, 0) is 13.1 Å². The molecule has 1 saturated heterocycles. The second kappa shape index (κ2) is 9.17. The number of phenols is 1. The molecule has 6 heteroatoms. The fourth-order valence-corrected chi connectivity index (χ4v) is 3.68. The van der Waals surface area contributed by atoms with Gasteiger partial charge in [0, 0.05) is 56.5 Å². The van der Waals surface area contributed by atoms with Gasteiger partial charge in [0.05, 0.1) is 7.11 Å². The van der Waals surface area contributed by atoms with Crippen LogP contribution in [0, 0.1) is 5.82 Å². The third kappa shape index (κ3) is 4.77. The molecule has 1 heterocycles. The number of phenolic OH excluding ortho intramolecular Hbond substituents is 1. The summed E-state index contributed by atoms with van der Waals surface area (Å²) in [5.74, 6) is 0.453. The lowest BCUT2D eigenvalue weighted by Gasteiger charge is -2.41. The van der Waals surface area contributed by atoms with E-state index in [4.69, 9.17) is 4.74 Å². The fourth-order valence-electron chi connectivity index (χ4n) is 3.68. The van der Waals surface area contributed by atoms with Crippen LogP contribution >= 0.6 is 0 Å². The van der Waals surface area contributed by atoms with E-state index < -0.39 is 0 Å². The van der Waals surface area contributed by atoms with Crippen molar-refractivity contribution in [2.45, 2.75) is 25.6 Å². The normalized spacial score (nSPS) is 18.6. The summed E-state index contributed by atoms with van der Waals surface area (Å²) >= 11 is 0. The van der Waals surface area contributed by atoms with Crippen molar-refractivity contribution in [2.24, 2.45) is 0 Å². The summed E-state index contributed by atoms with van der Waals surface area (Å²) in [4.78, 5) is 4.49. The molecule has 2 aromatic rings. The molecule has 1 aliphatic heterocycles. The summed E-state index contributed by atoms with van der Waals surface area (Å²) in [5, 5.41) is 19.8. The highest BCUT2D eigenvalue weighted by atomic mass is 19.1. The minimum Gasteiger partial charge on any atom is -0.504 e. The Kier molecular flexibility index (Phi) is 6.66. The number of hydrogen-bond acceptors (Lipinski definition) is 5. The van der Waals surface area contributed by atoms with Gasteiger partial charge in [-0.3, -0.25) is 9.80 Å². The number of aromatic hydroxyl groups is 1. The molecule has 0 bridgehead atoms. The van der Waals surface area contributed by atoms with Crippen LogP contribution in [0.4, 0.5) is 4.39 Å². The van der Waals surface area contributed by atoms with Gasteiger partial charge in [0.1, 0.15) is 5.82 Å². The lowest BCUT2D eigenvalue weighted by Crippen LogP contribution is -2.52. The smallest absolute Gasteiger partial charge is 0.162 e. The van der Waals surface area contributed by atoms with Gasteiger partial charge < -0.3 is 14.9 Å². The van der Waals surface area contributed by atoms with Gasteiger partial charge in [-0.15, -0.1) is 0 Å². The molecule has 5 nitrogen and oxygen atoms in total. The van der Waals surface area contributed by atoms with E-state index in [0.717, 1.165) is 25.2 Å². The van der Waals surface area contributed by atoms with Gasteiger partial charge in [-0.2, -0.15) is 0 Å². The van der Waals surface area contributed by atoms with E-state index in [1.54, 1.807) is 12.1 Å². The molecule has 3 rings (SSSR count). The van der Waals surface area contributed by atoms with E-state index in [1.807, 2.05) is 24.3 Å². The predicted octanol–water partition coefficient (Wildman–Crippen LogP) is 2.61. The van der Waals surface area contributed by atoms with Crippen LogP contribution in [0.1, 0.15) is 17.5 Å². The number of para-hydroxylation sites is 1. The van der Waals surface area contributed by atoms with Crippen molar-refractivity contribution in [3.05, 3.63) is 59.4 Å². The maximum absolute atomic E-state index is 14.0. The molecule has 1 fully saturated rings. The Balaban J connectivity index is 1.68. The highest BCUT2D eigenvalue weighted by molar-refractivity contribution is 5.45. The Morgan fingerprint density at radius 1 is 1.07 bits per heavy atom. The molecule has 27 heavy (non-hydrogen) atoms. The summed E-state index contributed by atoms with van der Waals surface area (Å²) in [5.41, 5.74) is 1.50. The number of rotatable bonds is 7. The van der Waals surface area contributed by atoms with Crippen LogP contribution in [0.5, 0.6) is 11.5 Å². The van der Waals surface area contributed by atoms with E-state index >= 15 is 0 Å². The average molecular weight is 374 g/mol. The fraction of sp³-hybridized carbons (Fsp3) is 0.429. The maximum Gasteiger partial charge on any atom is 0.162 e. The van der Waals surface area contributed by atoms with Crippen molar-refractivity contribution in [3.8, 4) is 11.5 Å². The Morgan fingerprint density at radius 2 is 1.85 bits per heavy atom. The molecule has 0 aliphatic carbocycles. The van der Waals surface area contributed by atoms with Crippen LogP contribution in [-0.4, -0.2) is 59.4 Å². The maximum atomic E-state index is 14.0. The number of benzene rings is 2. The molecular formula is C21H27FN2O3. The first-order chi connectivity index (χ1) is 13.1. The molecule has 2 aromatic carbocycles. The van der Waals surface area contributed by atoms with Gasteiger partial charge in [-0.1, -0.05) is 30.3 Å². The van der Waals surface area contributed by atoms with Crippen molar-refractivity contribution >= 4 is 0 Å². The van der Waals surface area contributed by atoms with Crippen molar-refractivity contribution in [3.63, 3.8) is 0 Å². The summed E-state index contributed by atoms with van der Waals surface area (Å²) in [6, 6.07) is 12.5. The Bertz CT molecular complexity index is 756. The van der Waals surface area contributed by atoms with Gasteiger partial charge in [-0.05, 0) is 18.6 Å². The third-order valence-electron chi connectivity index (χ3n) is 5.18. The van der Waals surface area contributed by atoms with Gasteiger partial charge in [0.25, 0.3) is 0 Å². The topological polar surface area (TPSA) is 56.2 Å². The second-order valence-electron chi connectivity index (χ2n) is 6.93. The summed E-state index contributed by atoms with van der Waals surface area (Å²) in [6.45, 7) is 3.59. The summed E-state index contributed by atoms with van der Waals surface area (Å²) in [7, 11) is 1.54. The molecular weight excluding hydrogens is 347 g/mol. The third-order valence-corrected chi connectivity index (χ3v) is 5.18. The van der Waals surface area contributed by atoms with Crippen LogP contribution < -0.4 is 4.74 Å². The zero-order chi connectivity index (χ0) is 19.2. The number of aliphatic hydroxyl groups is 1. The zero-order valence-corrected chi connectivity index (χ0v) is 15.6. The van der Waals surface area contributed by atoms with Crippen LogP contribution in [0.3, 0.4) is 0 Å². The quantitative estimate of drug-likeness (QED) is 0.780. The SMILES string of the molecule is COc1cccc(CN2CCN(Cc3ccccc3F)[C@@H](CCO)C2)c1O. The molecule has 0 unspecified atom stereocenters. The van der Waals surface area contributed by atoms with Crippen molar-refractivity contribution < 1.29 is 19.3 Å². The molecule has 1 atom stereocenters. The molecule has 0 radical (unpaired) electrons. The Morgan fingerprint density at radius 3 is 2.59 bits per heavy atom. The predicted molar refractivity (Wildman–Crippen MR) is 102 cm³/mol. The molecule has 2 N–H and O–H groups in total. The van der Waals surface area contributed by atoms with Crippen LogP contribution in [0.25, 0.3) is 0 Å². The lowest BCUT2D eigenvalue weighted by atomic mass is 10.1.